The number of nitrogens with two attached hydrogens (primary N) is 1. The van der Waals surface area contributed by atoms with Crippen molar-refractivity contribution in [1.82, 2.24) is 24.4 Å². The van der Waals surface area contributed by atoms with E-state index in [0.29, 0.717) is 16.8 Å². The summed E-state index contributed by atoms with van der Waals surface area (Å²) in [5, 5.41) is 3.19. The van der Waals surface area contributed by atoms with Crippen LogP contribution in [0.15, 0.2) is 47.3 Å². The van der Waals surface area contributed by atoms with Gasteiger partial charge in [-0.1, -0.05) is 18.2 Å². The van der Waals surface area contributed by atoms with E-state index in [2.05, 4.69) is 36.2 Å². The summed E-state index contributed by atoms with van der Waals surface area (Å²) in [6, 6.07) is 7.92. The van der Waals surface area contributed by atoms with Gasteiger partial charge in [-0.2, -0.15) is 13.2 Å². The monoisotopic (exact) mass is 573 g/mol. The molecule has 190 valence electrons. The summed E-state index contributed by atoms with van der Waals surface area (Å²) in [5.74, 6) is -0.340. The fourth-order valence-corrected chi connectivity index (χ4v) is 5.67. The van der Waals surface area contributed by atoms with Crippen molar-refractivity contribution in [3.8, 4) is 0 Å². The lowest BCUT2D eigenvalue weighted by Gasteiger charge is -2.27. The number of benzene rings is 1. The molecule has 0 bridgehead atoms. The number of nitrogens with zero attached hydrogens (tertiary/aromatic N) is 5. The second-order valence-corrected chi connectivity index (χ2v) is 10.0. The third-order valence-corrected chi connectivity index (χ3v) is 7.39. The van der Waals surface area contributed by atoms with Crippen LogP contribution in [0, 0.1) is 5.92 Å². The number of halogens is 4. The zero-order valence-electron chi connectivity index (χ0n) is 19.0. The van der Waals surface area contributed by atoms with Crippen LogP contribution in [-0.2, 0) is 22.3 Å². The maximum absolute atomic E-state index is 14.0. The zero-order valence-corrected chi connectivity index (χ0v) is 20.6. The van der Waals surface area contributed by atoms with Gasteiger partial charge in [-0.3, -0.25) is 9.59 Å². The van der Waals surface area contributed by atoms with Crippen LogP contribution >= 0.6 is 15.9 Å². The molecule has 2 aliphatic rings. The topological polar surface area (TPSA) is 119 Å². The van der Waals surface area contributed by atoms with Crippen molar-refractivity contribution >= 4 is 61.3 Å². The highest BCUT2D eigenvalue weighted by Crippen LogP contribution is 2.48. The molecule has 1 aromatic carbocycles. The molecule has 1 aliphatic heterocycles. The summed E-state index contributed by atoms with van der Waals surface area (Å²) < 4.78 is 43.8. The lowest BCUT2D eigenvalue weighted by atomic mass is 10.1. The summed E-state index contributed by atoms with van der Waals surface area (Å²) in [7, 11) is 0. The molecule has 6 rings (SSSR count). The number of amides is 2. The molecule has 4 aromatic rings. The summed E-state index contributed by atoms with van der Waals surface area (Å²) in [4.78, 5) is 40.6. The average molecular weight is 574 g/mol. The Morgan fingerprint density at radius 2 is 1.92 bits per heavy atom. The van der Waals surface area contributed by atoms with Gasteiger partial charge in [0.2, 0.25) is 11.8 Å². The predicted octanol–water partition coefficient (Wildman–Crippen LogP) is 3.97. The number of rotatable bonds is 4. The molecule has 1 aliphatic carbocycles. The van der Waals surface area contributed by atoms with Gasteiger partial charge in [0.1, 0.15) is 40.8 Å². The van der Waals surface area contributed by atoms with E-state index in [9.17, 15) is 22.8 Å². The number of alkyl halides is 3. The maximum Gasteiger partial charge on any atom is 0.418 e. The van der Waals surface area contributed by atoms with Crippen molar-refractivity contribution in [3.63, 3.8) is 0 Å². The Morgan fingerprint density at radius 3 is 2.68 bits per heavy atom. The van der Waals surface area contributed by atoms with Crippen molar-refractivity contribution < 1.29 is 22.8 Å². The van der Waals surface area contributed by atoms with E-state index in [1.165, 1.54) is 21.6 Å². The number of piperidine rings is 1. The first kappa shape index (κ1) is 23.6. The number of carbonyl (C=O) groups is 2. The molecule has 1 saturated heterocycles. The minimum Gasteiger partial charge on any atom is -0.383 e. The van der Waals surface area contributed by atoms with Gasteiger partial charge in [0, 0.05) is 11.4 Å². The van der Waals surface area contributed by atoms with Crippen molar-refractivity contribution in [1.29, 1.82) is 0 Å². The SMILES string of the molecule is Nc1ncnc2c1c1cccc(C(F)(F)F)c1n2CC(=O)N1[C@@H]2C[C@@H]2C[C@H]1C(=O)Nc1cccc(Br)n1. The smallest absolute Gasteiger partial charge is 0.383 e. The lowest BCUT2D eigenvalue weighted by molar-refractivity contribution is -0.139. The molecule has 0 radical (unpaired) electrons. The minimum absolute atomic E-state index is 0.0164. The van der Waals surface area contributed by atoms with Crippen molar-refractivity contribution in [2.24, 2.45) is 5.92 Å². The standard InChI is InChI=1S/C24H19BrF3N7O2/c25-16-5-2-6-17(32-16)33-23(37)15-8-11-7-14(11)35(15)18(36)9-34-20-12(3-1-4-13(20)24(26,27)28)19-21(29)30-10-31-22(19)34/h1-6,10-11,14-15H,7-9H2,(H2,29,30,31)(H,32,33,37)/t11-,14-,15+/m1/s1. The Hall–Kier alpha value is -3.74. The molecule has 9 nitrogen and oxygen atoms in total. The summed E-state index contributed by atoms with van der Waals surface area (Å²) >= 11 is 3.26. The van der Waals surface area contributed by atoms with Gasteiger partial charge in [-0.25, -0.2) is 15.0 Å². The van der Waals surface area contributed by atoms with E-state index in [0.717, 1.165) is 18.8 Å². The van der Waals surface area contributed by atoms with Gasteiger partial charge in [0.25, 0.3) is 0 Å². The highest BCUT2D eigenvalue weighted by Gasteiger charge is 2.56. The Morgan fingerprint density at radius 1 is 1.14 bits per heavy atom. The number of hydrogen-bond acceptors (Lipinski definition) is 6. The highest BCUT2D eigenvalue weighted by molar-refractivity contribution is 9.10. The molecule has 2 amide bonds. The van der Waals surface area contributed by atoms with Crippen LogP contribution in [0.1, 0.15) is 18.4 Å². The van der Waals surface area contributed by atoms with Crippen LogP contribution in [0.4, 0.5) is 24.8 Å². The highest BCUT2D eigenvalue weighted by atomic mass is 79.9. The van der Waals surface area contributed by atoms with Gasteiger partial charge >= 0.3 is 6.18 Å². The largest absolute Gasteiger partial charge is 0.418 e. The van der Waals surface area contributed by atoms with Crippen molar-refractivity contribution in [2.75, 3.05) is 11.1 Å². The van der Waals surface area contributed by atoms with E-state index in [-0.39, 0.29) is 39.7 Å². The molecule has 3 atom stereocenters. The maximum atomic E-state index is 14.0. The van der Waals surface area contributed by atoms with Crippen LogP contribution in [0.5, 0.6) is 0 Å². The average Bonchev–Trinajstić information content (AvgIpc) is 3.38. The van der Waals surface area contributed by atoms with E-state index in [1.54, 1.807) is 18.2 Å². The predicted molar refractivity (Wildman–Crippen MR) is 132 cm³/mol. The first-order valence-electron chi connectivity index (χ1n) is 11.5. The van der Waals surface area contributed by atoms with Gasteiger partial charge in [-0.05, 0) is 52.9 Å². The number of anilines is 2. The molecule has 3 N–H and O–H groups in total. The molecule has 0 spiro atoms. The van der Waals surface area contributed by atoms with Crippen molar-refractivity contribution in [3.05, 3.63) is 52.9 Å². The van der Waals surface area contributed by atoms with E-state index in [1.807, 2.05) is 0 Å². The first-order valence-corrected chi connectivity index (χ1v) is 12.3. The van der Waals surface area contributed by atoms with Crippen LogP contribution in [0.25, 0.3) is 21.9 Å². The summed E-state index contributed by atoms with van der Waals surface area (Å²) in [5.41, 5.74) is 5.04. The molecule has 4 heterocycles. The number of pyridine rings is 1. The molecular formula is C24H19BrF3N7O2. The van der Waals surface area contributed by atoms with Crippen LogP contribution < -0.4 is 11.1 Å². The molecule has 13 heteroatoms. The van der Waals surface area contributed by atoms with Gasteiger partial charge in [-0.15, -0.1) is 0 Å². The fraction of sp³-hybridized carbons (Fsp3) is 0.292. The second-order valence-electron chi connectivity index (χ2n) is 9.19. The Balaban J connectivity index is 1.38. The number of aromatic nitrogens is 4. The van der Waals surface area contributed by atoms with Gasteiger partial charge < -0.3 is 20.5 Å². The second kappa shape index (κ2) is 8.40. The third kappa shape index (κ3) is 3.97. The first-order chi connectivity index (χ1) is 17.6. The quantitative estimate of drug-likeness (QED) is 0.356. The number of hydrogen-bond donors (Lipinski definition) is 2. The fourth-order valence-electron chi connectivity index (χ4n) is 5.33. The number of carbonyl (C=O) groups excluding carboxylic acids is 2. The summed E-state index contributed by atoms with van der Waals surface area (Å²) in [6.07, 6.45) is -2.29. The van der Waals surface area contributed by atoms with Crippen molar-refractivity contribution in [2.45, 2.75) is 37.6 Å². The summed E-state index contributed by atoms with van der Waals surface area (Å²) in [6.45, 7) is -0.439. The Labute approximate surface area is 216 Å². The van der Waals surface area contributed by atoms with E-state index < -0.39 is 36.1 Å². The van der Waals surface area contributed by atoms with E-state index in [4.69, 9.17) is 5.73 Å². The Bertz CT molecular complexity index is 1590. The van der Waals surface area contributed by atoms with E-state index >= 15 is 0 Å². The van der Waals surface area contributed by atoms with Crippen LogP contribution in [0.2, 0.25) is 0 Å². The Kier molecular flexibility index (Phi) is 5.37. The third-order valence-electron chi connectivity index (χ3n) is 6.95. The number of fused-ring (bicyclic) bond motifs is 4. The molecule has 3 aromatic heterocycles. The number of nitrogens with one attached hydrogen (secondary N) is 1. The number of para-hydroxylation sites is 1. The van der Waals surface area contributed by atoms with Gasteiger partial charge in [0.05, 0.1) is 16.5 Å². The van der Waals surface area contributed by atoms with Gasteiger partial charge in [0.15, 0.2) is 0 Å². The zero-order chi connectivity index (χ0) is 26.1. The molecule has 1 saturated carbocycles. The van der Waals surface area contributed by atoms with Crippen LogP contribution in [0.3, 0.4) is 0 Å². The molecule has 37 heavy (non-hydrogen) atoms. The molecular weight excluding hydrogens is 555 g/mol. The molecule has 2 fully saturated rings. The normalized spacial score (nSPS) is 20.9. The lowest BCUT2D eigenvalue weighted by Crippen LogP contribution is -2.46. The van der Waals surface area contributed by atoms with Crippen LogP contribution in [-0.4, -0.2) is 48.3 Å². The molecule has 0 unspecified atom stereocenters. The minimum atomic E-state index is -4.68. The number of likely N-dealkylation sites (tertiary alicyclic amines) is 1. The number of nitrogen functional groups attached to an aromatic ring is 1.